The van der Waals surface area contributed by atoms with Crippen molar-refractivity contribution in [2.24, 2.45) is 0 Å². The van der Waals surface area contributed by atoms with Crippen LogP contribution in [0.25, 0.3) is 23.3 Å². The zero-order valence-electron chi connectivity index (χ0n) is 11.6. The number of nitrogens with zero attached hydrogens (tertiary/aromatic N) is 2. The van der Waals surface area contributed by atoms with Crippen LogP contribution in [0.3, 0.4) is 0 Å². The Kier molecular flexibility index (Phi) is 3.65. The Labute approximate surface area is 130 Å². The SMILES string of the molecule is Cc1noc2nc(C=Cc3ccc(Cl)cc3)cc(C(=O)O)c12. The number of benzene rings is 1. The number of aromatic carboxylic acids is 1. The van der Waals surface area contributed by atoms with Crippen LogP contribution in [0.5, 0.6) is 0 Å². The first-order chi connectivity index (χ1) is 10.5. The summed E-state index contributed by atoms with van der Waals surface area (Å²) in [4.78, 5) is 15.7. The van der Waals surface area contributed by atoms with Crippen molar-refractivity contribution in [3.05, 3.63) is 57.9 Å². The van der Waals surface area contributed by atoms with Crippen LogP contribution >= 0.6 is 11.6 Å². The maximum atomic E-state index is 11.4. The van der Waals surface area contributed by atoms with E-state index in [2.05, 4.69) is 10.1 Å². The lowest BCUT2D eigenvalue weighted by atomic mass is 10.1. The molecule has 0 aliphatic carbocycles. The fourth-order valence-electron chi connectivity index (χ4n) is 2.12. The Morgan fingerprint density at radius 2 is 2.00 bits per heavy atom. The first kappa shape index (κ1) is 14.3. The van der Waals surface area contributed by atoms with E-state index in [0.717, 1.165) is 5.56 Å². The van der Waals surface area contributed by atoms with E-state index < -0.39 is 5.97 Å². The van der Waals surface area contributed by atoms with Gasteiger partial charge >= 0.3 is 5.97 Å². The summed E-state index contributed by atoms with van der Waals surface area (Å²) in [7, 11) is 0. The van der Waals surface area contributed by atoms with Crippen molar-refractivity contribution in [1.29, 1.82) is 0 Å². The van der Waals surface area contributed by atoms with E-state index >= 15 is 0 Å². The van der Waals surface area contributed by atoms with Gasteiger partial charge in [0.25, 0.3) is 5.71 Å². The van der Waals surface area contributed by atoms with Crippen molar-refractivity contribution in [2.75, 3.05) is 0 Å². The largest absolute Gasteiger partial charge is 0.478 e. The highest BCUT2D eigenvalue weighted by Gasteiger charge is 2.17. The van der Waals surface area contributed by atoms with Gasteiger partial charge in [-0.2, -0.15) is 0 Å². The zero-order valence-corrected chi connectivity index (χ0v) is 12.3. The van der Waals surface area contributed by atoms with Gasteiger partial charge in [0.2, 0.25) is 0 Å². The molecule has 110 valence electrons. The Morgan fingerprint density at radius 3 is 2.68 bits per heavy atom. The fraction of sp³-hybridized carbons (Fsp3) is 0.0625. The van der Waals surface area contributed by atoms with Crippen LogP contribution in [0.4, 0.5) is 0 Å². The van der Waals surface area contributed by atoms with Crippen LogP contribution in [-0.4, -0.2) is 21.2 Å². The van der Waals surface area contributed by atoms with E-state index in [1.165, 1.54) is 6.07 Å². The van der Waals surface area contributed by atoms with E-state index in [1.54, 1.807) is 25.1 Å². The third-order valence-corrected chi connectivity index (χ3v) is 3.44. The highest BCUT2D eigenvalue weighted by Crippen LogP contribution is 2.23. The summed E-state index contributed by atoms with van der Waals surface area (Å²) in [6.45, 7) is 1.68. The molecule has 0 unspecified atom stereocenters. The zero-order chi connectivity index (χ0) is 15.7. The molecule has 1 N–H and O–H groups in total. The van der Waals surface area contributed by atoms with Gasteiger partial charge in [0.15, 0.2) is 0 Å². The molecule has 1 aromatic carbocycles. The first-order valence-electron chi connectivity index (χ1n) is 6.48. The van der Waals surface area contributed by atoms with E-state index in [4.69, 9.17) is 16.1 Å². The molecule has 0 atom stereocenters. The molecule has 0 radical (unpaired) electrons. The van der Waals surface area contributed by atoms with Crippen molar-refractivity contribution in [3.8, 4) is 0 Å². The van der Waals surface area contributed by atoms with Crippen molar-refractivity contribution >= 4 is 40.8 Å². The van der Waals surface area contributed by atoms with Crippen molar-refractivity contribution in [1.82, 2.24) is 10.1 Å². The molecule has 0 spiro atoms. The number of aromatic nitrogens is 2. The Hall–Kier alpha value is -2.66. The summed E-state index contributed by atoms with van der Waals surface area (Å²) in [5, 5.41) is 14.2. The number of carboxylic acid groups (broad SMARTS) is 1. The van der Waals surface area contributed by atoms with Gasteiger partial charge in [0.05, 0.1) is 22.3 Å². The standard InChI is InChI=1S/C16H11ClN2O3/c1-9-14-13(16(20)21)8-12(18-15(14)22-19-9)7-4-10-2-5-11(17)6-3-10/h2-8H,1H3,(H,20,21). The molecular formula is C16H11ClN2O3. The average Bonchev–Trinajstić information content (AvgIpc) is 2.87. The predicted octanol–water partition coefficient (Wildman–Crippen LogP) is 4.05. The molecule has 22 heavy (non-hydrogen) atoms. The number of pyridine rings is 1. The van der Waals surface area contributed by atoms with Gasteiger partial charge in [-0.3, -0.25) is 0 Å². The number of hydrogen-bond acceptors (Lipinski definition) is 4. The molecule has 5 nitrogen and oxygen atoms in total. The molecule has 2 heterocycles. The summed E-state index contributed by atoms with van der Waals surface area (Å²) in [5.41, 5.74) is 2.26. The van der Waals surface area contributed by atoms with Crippen LogP contribution in [0, 0.1) is 6.92 Å². The molecule has 0 aliphatic rings. The molecule has 0 amide bonds. The number of hydrogen-bond donors (Lipinski definition) is 1. The smallest absolute Gasteiger partial charge is 0.336 e. The summed E-state index contributed by atoms with van der Waals surface area (Å²) in [5.74, 6) is -1.04. The van der Waals surface area contributed by atoms with Gasteiger partial charge in [0, 0.05) is 5.02 Å². The number of fused-ring (bicyclic) bond motifs is 1. The third kappa shape index (κ3) is 2.71. The van der Waals surface area contributed by atoms with Crippen LogP contribution in [0.2, 0.25) is 5.02 Å². The summed E-state index contributed by atoms with van der Waals surface area (Å²) in [6.07, 6.45) is 3.53. The van der Waals surface area contributed by atoms with E-state index in [9.17, 15) is 9.90 Å². The minimum absolute atomic E-state index is 0.125. The second-order valence-corrected chi connectivity index (χ2v) is 5.17. The van der Waals surface area contributed by atoms with Crippen LogP contribution in [0.1, 0.15) is 27.3 Å². The predicted molar refractivity (Wildman–Crippen MR) is 83.9 cm³/mol. The molecule has 3 rings (SSSR count). The molecule has 0 aliphatic heterocycles. The van der Waals surface area contributed by atoms with Crippen LogP contribution < -0.4 is 0 Å². The Balaban J connectivity index is 2.04. The van der Waals surface area contributed by atoms with Crippen molar-refractivity contribution in [3.63, 3.8) is 0 Å². The van der Waals surface area contributed by atoms with Gasteiger partial charge in [-0.25, -0.2) is 9.78 Å². The monoisotopic (exact) mass is 314 g/mol. The molecule has 2 aromatic heterocycles. The molecule has 0 saturated carbocycles. The average molecular weight is 315 g/mol. The van der Waals surface area contributed by atoms with Gasteiger partial charge in [-0.1, -0.05) is 35.0 Å². The summed E-state index contributed by atoms with van der Waals surface area (Å²) < 4.78 is 5.07. The summed E-state index contributed by atoms with van der Waals surface area (Å²) in [6, 6.07) is 8.77. The van der Waals surface area contributed by atoms with Crippen LogP contribution in [-0.2, 0) is 0 Å². The molecule has 6 heteroatoms. The quantitative estimate of drug-likeness (QED) is 0.789. The second-order valence-electron chi connectivity index (χ2n) is 4.73. The van der Waals surface area contributed by atoms with Crippen LogP contribution in [0.15, 0.2) is 34.9 Å². The molecule has 3 aromatic rings. The summed E-state index contributed by atoms with van der Waals surface area (Å²) >= 11 is 5.83. The van der Waals surface area contributed by atoms with Crippen molar-refractivity contribution in [2.45, 2.75) is 6.92 Å². The third-order valence-electron chi connectivity index (χ3n) is 3.18. The van der Waals surface area contributed by atoms with Crippen molar-refractivity contribution < 1.29 is 14.4 Å². The number of rotatable bonds is 3. The minimum Gasteiger partial charge on any atom is -0.478 e. The highest BCUT2D eigenvalue weighted by atomic mass is 35.5. The molecule has 0 bridgehead atoms. The van der Waals surface area contributed by atoms with E-state index in [1.807, 2.05) is 18.2 Å². The Morgan fingerprint density at radius 1 is 1.27 bits per heavy atom. The van der Waals surface area contributed by atoms with E-state index in [-0.39, 0.29) is 11.3 Å². The number of halogens is 1. The second kappa shape index (κ2) is 5.61. The molecule has 0 fully saturated rings. The number of aryl methyl sites for hydroxylation is 1. The highest BCUT2D eigenvalue weighted by molar-refractivity contribution is 6.30. The fourth-order valence-corrected chi connectivity index (χ4v) is 2.25. The number of carboxylic acids is 1. The lowest BCUT2D eigenvalue weighted by Gasteiger charge is -1.99. The van der Waals surface area contributed by atoms with Gasteiger partial charge in [0.1, 0.15) is 0 Å². The molecular weight excluding hydrogens is 304 g/mol. The molecule has 0 saturated heterocycles. The lowest BCUT2D eigenvalue weighted by Crippen LogP contribution is -1.99. The van der Waals surface area contributed by atoms with Gasteiger partial charge in [-0.15, -0.1) is 0 Å². The minimum atomic E-state index is -1.04. The first-order valence-corrected chi connectivity index (χ1v) is 6.86. The maximum Gasteiger partial charge on any atom is 0.336 e. The number of carbonyl (C=O) groups is 1. The normalized spacial score (nSPS) is 11.4. The Bertz CT molecular complexity index is 882. The maximum absolute atomic E-state index is 11.4. The van der Waals surface area contributed by atoms with Gasteiger partial charge < -0.3 is 9.63 Å². The topological polar surface area (TPSA) is 76.2 Å². The van der Waals surface area contributed by atoms with Gasteiger partial charge in [-0.05, 0) is 36.8 Å². The van der Waals surface area contributed by atoms with E-state index in [0.29, 0.717) is 21.8 Å². The lowest BCUT2D eigenvalue weighted by molar-refractivity contribution is 0.0699.